The van der Waals surface area contributed by atoms with Gasteiger partial charge in [-0.2, -0.15) is 10.2 Å². The summed E-state index contributed by atoms with van der Waals surface area (Å²) < 4.78 is 10.6. The Labute approximate surface area is 129 Å². The normalized spacial score (nSPS) is 13.2. The first kappa shape index (κ1) is 14.1. The Bertz CT molecular complexity index is 706. The van der Waals surface area contributed by atoms with E-state index in [0.717, 1.165) is 28.3 Å². The lowest BCUT2D eigenvalue weighted by molar-refractivity contribution is 0.174. The van der Waals surface area contributed by atoms with Gasteiger partial charge >= 0.3 is 0 Å². The van der Waals surface area contributed by atoms with Gasteiger partial charge in [0.25, 0.3) is 0 Å². The van der Waals surface area contributed by atoms with Crippen LogP contribution in [0.25, 0.3) is 0 Å². The smallest absolute Gasteiger partial charge is 0.231 e. The molecular weight excluding hydrogens is 278 g/mol. The third kappa shape index (κ3) is 3.25. The van der Waals surface area contributed by atoms with Gasteiger partial charge in [-0.1, -0.05) is 12.1 Å². The average Bonchev–Trinajstić information content (AvgIpc) is 2.99. The number of ether oxygens (including phenoxy) is 2. The number of hydrogen-bond donors (Lipinski definition) is 0. The van der Waals surface area contributed by atoms with Crippen LogP contribution < -0.4 is 14.4 Å². The molecule has 2 aromatic rings. The second-order valence-electron chi connectivity index (χ2n) is 5.09. The standard InChI is InChI=1S/C17H17N3O2/c1-20(2)15-6-3-13(4-7-15)10-18-19-11-14-5-8-16-17(9-14)22-12-21-16/h3-11H,12H2,1-2H3. The van der Waals surface area contributed by atoms with Crippen LogP contribution in [0, 0.1) is 0 Å². The van der Waals surface area contributed by atoms with E-state index in [4.69, 9.17) is 9.47 Å². The molecule has 112 valence electrons. The fourth-order valence-electron chi connectivity index (χ4n) is 2.05. The molecule has 3 rings (SSSR count). The van der Waals surface area contributed by atoms with Crippen molar-refractivity contribution < 1.29 is 9.47 Å². The Kier molecular flexibility index (Phi) is 4.05. The molecule has 0 unspecified atom stereocenters. The molecule has 0 saturated carbocycles. The zero-order valence-electron chi connectivity index (χ0n) is 12.6. The first-order valence-electron chi connectivity index (χ1n) is 6.96. The van der Waals surface area contributed by atoms with Gasteiger partial charge in [-0.05, 0) is 41.5 Å². The van der Waals surface area contributed by atoms with Crippen molar-refractivity contribution in [2.24, 2.45) is 10.2 Å². The van der Waals surface area contributed by atoms with Crippen LogP contribution >= 0.6 is 0 Å². The largest absolute Gasteiger partial charge is 0.454 e. The first-order chi connectivity index (χ1) is 10.7. The summed E-state index contributed by atoms with van der Waals surface area (Å²) >= 11 is 0. The van der Waals surface area contributed by atoms with Gasteiger partial charge in [-0.25, -0.2) is 0 Å². The number of rotatable bonds is 4. The summed E-state index contributed by atoms with van der Waals surface area (Å²) in [7, 11) is 4.03. The number of benzene rings is 2. The predicted molar refractivity (Wildman–Crippen MR) is 88.5 cm³/mol. The highest BCUT2D eigenvalue weighted by molar-refractivity contribution is 5.83. The molecule has 22 heavy (non-hydrogen) atoms. The van der Waals surface area contributed by atoms with Crippen molar-refractivity contribution in [2.45, 2.75) is 0 Å². The molecule has 0 saturated heterocycles. The Morgan fingerprint density at radius 2 is 1.50 bits per heavy atom. The van der Waals surface area contributed by atoms with Crippen molar-refractivity contribution in [3.8, 4) is 11.5 Å². The zero-order valence-corrected chi connectivity index (χ0v) is 12.6. The molecule has 0 aliphatic carbocycles. The van der Waals surface area contributed by atoms with Crippen molar-refractivity contribution in [1.29, 1.82) is 0 Å². The molecule has 0 aromatic heterocycles. The maximum Gasteiger partial charge on any atom is 0.231 e. The molecule has 0 N–H and O–H groups in total. The molecule has 0 fully saturated rings. The van der Waals surface area contributed by atoms with Gasteiger partial charge in [-0.15, -0.1) is 0 Å². The Morgan fingerprint density at radius 3 is 2.23 bits per heavy atom. The average molecular weight is 295 g/mol. The summed E-state index contributed by atoms with van der Waals surface area (Å²) in [5.41, 5.74) is 3.08. The lowest BCUT2D eigenvalue weighted by Crippen LogP contribution is -2.08. The molecule has 0 amide bonds. The number of hydrogen-bond acceptors (Lipinski definition) is 5. The van der Waals surface area contributed by atoms with E-state index in [1.807, 2.05) is 56.6 Å². The lowest BCUT2D eigenvalue weighted by Gasteiger charge is -2.11. The van der Waals surface area contributed by atoms with Crippen molar-refractivity contribution in [1.82, 2.24) is 0 Å². The SMILES string of the molecule is CN(C)c1ccc(C=NN=Cc2ccc3c(c2)OCO3)cc1. The topological polar surface area (TPSA) is 46.4 Å². The van der Waals surface area contributed by atoms with E-state index >= 15 is 0 Å². The highest BCUT2D eigenvalue weighted by Crippen LogP contribution is 2.31. The molecule has 2 aromatic carbocycles. The van der Waals surface area contributed by atoms with E-state index in [0.29, 0.717) is 0 Å². The zero-order chi connectivity index (χ0) is 15.4. The van der Waals surface area contributed by atoms with Gasteiger partial charge in [0, 0.05) is 19.8 Å². The third-order valence-corrected chi connectivity index (χ3v) is 3.29. The summed E-state index contributed by atoms with van der Waals surface area (Å²) in [4.78, 5) is 2.05. The van der Waals surface area contributed by atoms with E-state index in [1.165, 1.54) is 0 Å². The highest BCUT2D eigenvalue weighted by atomic mass is 16.7. The van der Waals surface area contributed by atoms with Crippen LogP contribution in [0.4, 0.5) is 5.69 Å². The maximum atomic E-state index is 5.32. The lowest BCUT2D eigenvalue weighted by atomic mass is 10.2. The number of fused-ring (bicyclic) bond motifs is 1. The Morgan fingerprint density at radius 1 is 0.864 bits per heavy atom. The molecule has 1 heterocycles. The summed E-state index contributed by atoms with van der Waals surface area (Å²) in [5.74, 6) is 1.51. The van der Waals surface area contributed by atoms with Crippen molar-refractivity contribution in [2.75, 3.05) is 25.8 Å². The van der Waals surface area contributed by atoms with Gasteiger partial charge in [0.15, 0.2) is 11.5 Å². The second-order valence-corrected chi connectivity index (χ2v) is 5.09. The number of nitrogens with zero attached hydrogens (tertiary/aromatic N) is 3. The van der Waals surface area contributed by atoms with Crippen LogP contribution in [-0.4, -0.2) is 33.3 Å². The monoisotopic (exact) mass is 295 g/mol. The summed E-state index contributed by atoms with van der Waals surface area (Å²) in [6.07, 6.45) is 3.41. The Hall–Kier alpha value is -2.82. The van der Waals surface area contributed by atoms with Gasteiger partial charge in [-0.3, -0.25) is 0 Å². The van der Waals surface area contributed by atoms with E-state index in [2.05, 4.69) is 15.1 Å². The minimum atomic E-state index is 0.275. The van der Waals surface area contributed by atoms with E-state index < -0.39 is 0 Å². The number of anilines is 1. The molecule has 5 heteroatoms. The van der Waals surface area contributed by atoms with Crippen LogP contribution in [0.15, 0.2) is 52.7 Å². The van der Waals surface area contributed by atoms with E-state index in [1.54, 1.807) is 12.4 Å². The minimum absolute atomic E-state index is 0.275. The van der Waals surface area contributed by atoms with Gasteiger partial charge in [0.05, 0.1) is 12.4 Å². The molecule has 0 radical (unpaired) electrons. The van der Waals surface area contributed by atoms with Gasteiger partial charge in [0.1, 0.15) is 0 Å². The maximum absolute atomic E-state index is 5.32. The van der Waals surface area contributed by atoms with Crippen LogP contribution in [-0.2, 0) is 0 Å². The minimum Gasteiger partial charge on any atom is -0.454 e. The van der Waals surface area contributed by atoms with Gasteiger partial charge in [0.2, 0.25) is 6.79 Å². The molecule has 1 aliphatic rings. The van der Waals surface area contributed by atoms with Crippen LogP contribution in [0.5, 0.6) is 11.5 Å². The first-order valence-corrected chi connectivity index (χ1v) is 6.96. The van der Waals surface area contributed by atoms with Crippen LogP contribution in [0.2, 0.25) is 0 Å². The fourth-order valence-corrected chi connectivity index (χ4v) is 2.05. The molecular formula is C17H17N3O2. The summed E-state index contributed by atoms with van der Waals surface area (Å²) in [5, 5.41) is 8.12. The van der Waals surface area contributed by atoms with Crippen LogP contribution in [0.3, 0.4) is 0 Å². The molecule has 0 atom stereocenters. The van der Waals surface area contributed by atoms with Gasteiger partial charge < -0.3 is 14.4 Å². The summed E-state index contributed by atoms with van der Waals surface area (Å²) in [6.45, 7) is 0.275. The van der Waals surface area contributed by atoms with Crippen molar-refractivity contribution >= 4 is 18.1 Å². The predicted octanol–water partition coefficient (Wildman–Crippen LogP) is 2.93. The fraction of sp³-hybridized carbons (Fsp3) is 0.176. The van der Waals surface area contributed by atoms with E-state index in [-0.39, 0.29) is 6.79 Å². The Balaban J connectivity index is 1.63. The summed E-state index contributed by atoms with van der Waals surface area (Å²) in [6, 6.07) is 13.8. The van der Waals surface area contributed by atoms with E-state index in [9.17, 15) is 0 Å². The third-order valence-electron chi connectivity index (χ3n) is 3.29. The molecule has 5 nitrogen and oxygen atoms in total. The second kappa shape index (κ2) is 6.30. The quantitative estimate of drug-likeness (QED) is 0.643. The molecule has 0 bridgehead atoms. The molecule has 1 aliphatic heterocycles. The van der Waals surface area contributed by atoms with Crippen LogP contribution in [0.1, 0.15) is 11.1 Å². The van der Waals surface area contributed by atoms with Crippen molar-refractivity contribution in [3.63, 3.8) is 0 Å². The highest BCUT2D eigenvalue weighted by Gasteiger charge is 2.12. The van der Waals surface area contributed by atoms with Crippen molar-refractivity contribution in [3.05, 3.63) is 53.6 Å². The molecule has 0 spiro atoms.